The molecule has 0 aromatic rings. The van der Waals surface area contributed by atoms with Gasteiger partial charge >= 0.3 is 0 Å². The van der Waals surface area contributed by atoms with E-state index < -0.39 is 5.60 Å². The second kappa shape index (κ2) is 8.88. The van der Waals surface area contributed by atoms with Crippen LogP contribution in [0.4, 0.5) is 0 Å². The summed E-state index contributed by atoms with van der Waals surface area (Å²) in [4.78, 5) is 0. The molecule has 0 amide bonds. The van der Waals surface area contributed by atoms with Crippen molar-refractivity contribution in [2.24, 2.45) is 52.3 Å². The zero-order chi connectivity index (χ0) is 23.3. The molecule has 4 fully saturated rings. The lowest BCUT2D eigenvalue weighted by Crippen LogP contribution is -2.66. The van der Waals surface area contributed by atoms with Crippen molar-refractivity contribution >= 4 is 0 Å². The van der Waals surface area contributed by atoms with Gasteiger partial charge in [-0.1, -0.05) is 53.9 Å². The van der Waals surface area contributed by atoms with Crippen LogP contribution in [0.15, 0.2) is 0 Å². The first-order valence-electron chi connectivity index (χ1n) is 13.8. The summed E-state index contributed by atoms with van der Waals surface area (Å²) in [6.45, 7) is 12.2. The van der Waals surface area contributed by atoms with E-state index >= 15 is 0 Å². The maximum Gasteiger partial charge on any atom is 0.0885 e. The molecular formula is C29H49NO2. The van der Waals surface area contributed by atoms with Crippen LogP contribution < -0.4 is 0 Å². The molecule has 32 heavy (non-hydrogen) atoms. The number of hydrogen-bond acceptors (Lipinski definition) is 3. The first kappa shape index (κ1) is 24.5. The molecule has 0 radical (unpaired) electrons. The van der Waals surface area contributed by atoms with E-state index in [1.165, 1.54) is 44.9 Å². The summed E-state index contributed by atoms with van der Waals surface area (Å²) >= 11 is 0. The fraction of sp³-hybridized carbons (Fsp3) is 0.966. The minimum absolute atomic E-state index is 0.0943. The maximum atomic E-state index is 12.0. The van der Waals surface area contributed by atoms with E-state index in [0.717, 1.165) is 42.9 Å². The third kappa shape index (κ3) is 3.67. The molecule has 3 heteroatoms. The summed E-state index contributed by atoms with van der Waals surface area (Å²) in [5.41, 5.74) is -0.612. The third-order valence-electron chi connectivity index (χ3n) is 11.5. The van der Waals surface area contributed by atoms with Crippen LogP contribution in [-0.4, -0.2) is 23.9 Å². The number of fused-ring (bicyclic) bond motifs is 5. The van der Waals surface area contributed by atoms with Gasteiger partial charge in [0.1, 0.15) is 0 Å². The van der Waals surface area contributed by atoms with Crippen molar-refractivity contribution in [1.29, 1.82) is 5.26 Å². The number of methoxy groups -OCH3 is 1. The Morgan fingerprint density at radius 3 is 2.44 bits per heavy atom. The lowest BCUT2D eigenvalue weighted by atomic mass is 9.41. The third-order valence-corrected chi connectivity index (χ3v) is 11.5. The molecule has 0 unspecified atom stereocenters. The molecule has 182 valence electrons. The molecule has 4 aliphatic carbocycles. The second-order valence-electron chi connectivity index (χ2n) is 13.3. The zero-order valence-corrected chi connectivity index (χ0v) is 21.7. The van der Waals surface area contributed by atoms with E-state index in [0.29, 0.717) is 23.7 Å². The van der Waals surface area contributed by atoms with Gasteiger partial charge in [-0.3, -0.25) is 0 Å². The number of rotatable bonds is 6. The highest BCUT2D eigenvalue weighted by atomic mass is 16.5. The van der Waals surface area contributed by atoms with Gasteiger partial charge < -0.3 is 9.84 Å². The summed E-state index contributed by atoms with van der Waals surface area (Å²) < 4.78 is 5.68. The fourth-order valence-electron chi connectivity index (χ4n) is 9.67. The fourth-order valence-corrected chi connectivity index (χ4v) is 9.67. The highest BCUT2D eigenvalue weighted by Gasteiger charge is 2.67. The minimum Gasteiger partial charge on any atom is -0.388 e. The number of ether oxygens (including phenoxy) is 1. The maximum absolute atomic E-state index is 12.0. The van der Waals surface area contributed by atoms with Gasteiger partial charge in [-0.25, -0.2) is 0 Å². The Balaban J connectivity index is 1.56. The quantitative estimate of drug-likeness (QED) is 0.481. The molecule has 0 aromatic carbocycles. The van der Waals surface area contributed by atoms with Crippen LogP contribution >= 0.6 is 0 Å². The average Bonchev–Trinajstić information content (AvgIpc) is 3.10. The molecule has 4 rings (SSSR count). The van der Waals surface area contributed by atoms with Crippen LogP contribution in [-0.2, 0) is 4.74 Å². The highest BCUT2D eigenvalue weighted by molar-refractivity contribution is 5.20. The summed E-state index contributed by atoms with van der Waals surface area (Å²) in [5.74, 6) is 4.09. The summed E-state index contributed by atoms with van der Waals surface area (Å²) in [6.07, 6.45) is 13.0. The Morgan fingerprint density at radius 1 is 1.03 bits per heavy atom. The number of nitrogens with zero attached hydrogens (tertiary/aromatic N) is 1. The van der Waals surface area contributed by atoms with Crippen LogP contribution in [0.2, 0.25) is 0 Å². The molecule has 3 nitrogen and oxygen atoms in total. The van der Waals surface area contributed by atoms with Gasteiger partial charge in [-0.2, -0.15) is 5.26 Å². The predicted molar refractivity (Wildman–Crippen MR) is 130 cm³/mol. The van der Waals surface area contributed by atoms with Gasteiger partial charge in [0.25, 0.3) is 0 Å². The SMILES string of the molecule is CO[C@H]1CC[C@]2(C)[C@H]3CC[C@@]4(C)[C@H](CC[C@@H]4[C@H](C)CCCC(C)C)[C@H]3C[C@H](C#N)[C@@]2(O)C1. The summed E-state index contributed by atoms with van der Waals surface area (Å²) in [5, 5.41) is 22.2. The first-order chi connectivity index (χ1) is 15.1. The Morgan fingerprint density at radius 2 is 1.78 bits per heavy atom. The molecule has 1 N–H and O–H groups in total. The van der Waals surface area contributed by atoms with Crippen molar-refractivity contribution in [3.63, 3.8) is 0 Å². The van der Waals surface area contributed by atoms with Crippen molar-refractivity contribution in [1.82, 2.24) is 0 Å². The molecule has 0 spiro atoms. The summed E-state index contributed by atoms with van der Waals surface area (Å²) in [7, 11) is 1.76. The van der Waals surface area contributed by atoms with Crippen LogP contribution in [0, 0.1) is 63.6 Å². The number of aliphatic hydroxyl groups is 1. The smallest absolute Gasteiger partial charge is 0.0885 e. The Hall–Kier alpha value is -0.590. The lowest BCUT2D eigenvalue weighted by Gasteiger charge is -2.65. The van der Waals surface area contributed by atoms with Crippen molar-refractivity contribution in [3.8, 4) is 6.07 Å². The first-order valence-corrected chi connectivity index (χ1v) is 13.8. The standard InChI is InChI=1S/C29H49NO2/c1-19(2)8-7-9-20(3)24-10-11-25-23-16-21(18-30)29(31)17-22(32-6)12-15-28(29,5)26(23)13-14-27(24,25)4/h19-26,31H,7-17H2,1-6H3/t20-,21-,22+,23-,24-,25-,26+,27-,28-,29+/m1/s1. The predicted octanol–water partition coefficient (Wildman–Crippen LogP) is 6.99. The Bertz CT molecular complexity index is 714. The van der Waals surface area contributed by atoms with Crippen molar-refractivity contribution in [2.45, 2.75) is 117 Å². The molecule has 0 heterocycles. The molecule has 4 aliphatic rings. The van der Waals surface area contributed by atoms with Gasteiger partial charge in [0.2, 0.25) is 0 Å². The monoisotopic (exact) mass is 443 g/mol. The highest BCUT2D eigenvalue weighted by Crippen LogP contribution is 2.70. The van der Waals surface area contributed by atoms with Crippen LogP contribution in [0.5, 0.6) is 0 Å². The van der Waals surface area contributed by atoms with E-state index in [1.54, 1.807) is 7.11 Å². The van der Waals surface area contributed by atoms with Crippen molar-refractivity contribution in [3.05, 3.63) is 0 Å². The largest absolute Gasteiger partial charge is 0.388 e. The number of hydrogen-bond donors (Lipinski definition) is 1. The van der Waals surface area contributed by atoms with Crippen LogP contribution in [0.1, 0.15) is 105 Å². The molecule has 0 bridgehead atoms. The molecule has 0 aromatic heterocycles. The zero-order valence-electron chi connectivity index (χ0n) is 21.7. The Kier molecular flexibility index (Phi) is 6.81. The van der Waals surface area contributed by atoms with E-state index in [4.69, 9.17) is 4.74 Å². The van der Waals surface area contributed by atoms with Crippen molar-refractivity contribution in [2.75, 3.05) is 7.11 Å². The van der Waals surface area contributed by atoms with Gasteiger partial charge in [-0.05, 0) is 85.9 Å². The van der Waals surface area contributed by atoms with Gasteiger partial charge in [-0.15, -0.1) is 0 Å². The normalized spacial score (nSPS) is 49.1. The average molecular weight is 444 g/mol. The van der Waals surface area contributed by atoms with Crippen LogP contribution in [0.3, 0.4) is 0 Å². The van der Waals surface area contributed by atoms with Gasteiger partial charge in [0.05, 0.1) is 23.7 Å². The Labute approximate surface area is 197 Å². The number of nitriles is 1. The molecule has 0 saturated heterocycles. The molecule has 0 aliphatic heterocycles. The van der Waals surface area contributed by atoms with E-state index in [-0.39, 0.29) is 17.4 Å². The molecular weight excluding hydrogens is 394 g/mol. The second-order valence-corrected chi connectivity index (χ2v) is 13.3. The summed E-state index contributed by atoms with van der Waals surface area (Å²) in [6, 6.07) is 2.61. The topological polar surface area (TPSA) is 53.2 Å². The van der Waals surface area contributed by atoms with Crippen LogP contribution in [0.25, 0.3) is 0 Å². The van der Waals surface area contributed by atoms with E-state index in [9.17, 15) is 10.4 Å². The van der Waals surface area contributed by atoms with Gasteiger partial charge in [0.15, 0.2) is 0 Å². The minimum atomic E-state index is -0.891. The lowest BCUT2D eigenvalue weighted by molar-refractivity contribution is -0.239. The van der Waals surface area contributed by atoms with E-state index in [2.05, 4.69) is 40.7 Å². The van der Waals surface area contributed by atoms with Gasteiger partial charge in [0, 0.05) is 18.9 Å². The molecule has 10 atom stereocenters. The van der Waals surface area contributed by atoms with E-state index in [1.807, 2.05) is 0 Å². The molecule has 4 saturated carbocycles. The van der Waals surface area contributed by atoms with Crippen molar-refractivity contribution < 1.29 is 9.84 Å².